The van der Waals surface area contributed by atoms with Crippen LogP contribution in [0.15, 0.2) is 42.5 Å². The van der Waals surface area contributed by atoms with E-state index in [4.69, 9.17) is 0 Å². The first-order chi connectivity index (χ1) is 13.6. The number of amides is 1. The molecule has 0 atom stereocenters. The number of benzene rings is 2. The molecule has 156 valence electrons. The Balaban J connectivity index is 1.87. The van der Waals surface area contributed by atoms with E-state index in [1.54, 1.807) is 0 Å². The molecule has 0 bridgehead atoms. The summed E-state index contributed by atoms with van der Waals surface area (Å²) in [5, 5.41) is 16.4. The Labute approximate surface area is 165 Å². The molecule has 0 spiro atoms. The smallest absolute Gasteiger partial charge is 0.379 e. The minimum atomic E-state index is -4.67. The molecule has 2 rings (SSSR count). The number of anilines is 2. The van der Waals surface area contributed by atoms with E-state index in [-0.39, 0.29) is 24.6 Å². The second-order valence-corrected chi connectivity index (χ2v) is 6.50. The molecule has 0 fully saturated rings. The van der Waals surface area contributed by atoms with Crippen molar-refractivity contribution in [3.8, 4) is 0 Å². The van der Waals surface area contributed by atoms with E-state index in [0.717, 1.165) is 23.4 Å². The van der Waals surface area contributed by atoms with Gasteiger partial charge in [0.2, 0.25) is 5.91 Å². The predicted molar refractivity (Wildman–Crippen MR) is 104 cm³/mol. The average molecular weight is 410 g/mol. The largest absolute Gasteiger partial charge is 0.416 e. The van der Waals surface area contributed by atoms with Crippen molar-refractivity contribution in [3.63, 3.8) is 0 Å². The summed E-state index contributed by atoms with van der Waals surface area (Å²) in [5.74, 6) is -0.288. The van der Waals surface area contributed by atoms with Gasteiger partial charge >= 0.3 is 6.18 Å². The highest BCUT2D eigenvalue weighted by Crippen LogP contribution is 2.34. The second-order valence-electron chi connectivity index (χ2n) is 6.50. The zero-order valence-electron chi connectivity index (χ0n) is 15.9. The molecule has 2 N–H and O–H groups in total. The third-order valence-electron chi connectivity index (χ3n) is 4.13. The first-order valence-corrected chi connectivity index (χ1v) is 8.70. The number of nitrogens with zero attached hydrogens (tertiary/aromatic N) is 2. The molecule has 1 amide bonds. The maximum absolute atomic E-state index is 12.7. The Bertz CT molecular complexity index is 868. The Hall–Kier alpha value is -3.30. The molecular weight excluding hydrogens is 389 g/mol. The lowest BCUT2D eigenvalue weighted by molar-refractivity contribution is -0.384. The van der Waals surface area contributed by atoms with Crippen LogP contribution in [-0.2, 0) is 17.5 Å². The Morgan fingerprint density at radius 2 is 1.79 bits per heavy atom. The first-order valence-electron chi connectivity index (χ1n) is 8.70. The zero-order chi connectivity index (χ0) is 21.6. The van der Waals surface area contributed by atoms with Crippen LogP contribution in [0.5, 0.6) is 0 Å². The maximum atomic E-state index is 12.7. The molecule has 2 aromatic rings. The van der Waals surface area contributed by atoms with E-state index >= 15 is 0 Å². The fourth-order valence-electron chi connectivity index (χ4n) is 2.52. The number of nitro benzene ring substituents is 1. The lowest BCUT2D eigenvalue weighted by Gasteiger charge is -2.13. The van der Waals surface area contributed by atoms with Gasteiger partial charge in [0.25, 0.3) is 5.69 Å². The Kier molecular flexibility index (Phi) is 7.03. The molecule has 0 saturated heterocycles. The van der Waals surface area contributed by atoms with Gasteiger partial charge in [0.1, 0.15) is 5.69 Å². The fraction of sp³-hybridized carbons (Fsp3) is 0.316. The molecule has 0 aliphatic carbocycles. The van der Waals surface area contributed by atoms with E-state index in [0.29, 0.717) is 12.6 Å². The predicted octanol–water partition coefficient (Wildman–Crippen LogP) is 3.80. The van der Waals surface area contributed by atoms with Crippen LogP contribution in [-0.4, -0.2) is 31.5 Å². The third-order valence-corrected chi connectivity index (χ3v) is 4.13. The van der Waals surface area contributed by atoms with Crippen LogP contribution in [0.1, 0.15) is 17.5 Å². The van der Waals surface area contributed by atoms with Gasteiger partial charge in [-0.25, -0.2) is 0 Å². The number of halogens is 3. The van der Waals surface area contributed by atoms with Crippen LogP contribution in [0.3, 0.4) is 0 Å². The van der Waals surface area contributed by atoms with Crippen molar-refractivity contribution < 1.29 is 22.9 Å². The molecule has 0 aliphatic heterocycles. The number of rotatable bonds is 8. The van der Waals surface area contributed by atoms with Gasteiger partial charge in [-0.3, -0.25) is 14.9 Å². The number of carbonyl (C=O) groups is 1. The van der Waals surface area contributed by atoms with Gasteiger partial charge in [0.15, 0.2) is 0 Å². The van der Waals surface area contributed by atoms with Gasteiger partial charge in [0, 0.05) is 45.4 Å². The van der Waals surface area contributed by atoms with Gasteiger partial charge in [-0.1, -0.05) is 12.1 Å². The maximum Gasteiger partial charge on any atom is 0.416 e. The number of hydrogen-bond donors (Lipinski definition) is 2. The molecule has 0 unspecified atom stereocenters. The number of carbonyl (C=O) groups excluding carboxylic acids is 1. The minimum absolute atomic E-state index is 0.00789. The molecule has 7 nitrogen and oxygen atoms in total. The van der Waals surface area contributed by atoms with E-state index in [2.05, 4.69) is 10.6 Å². The molecule has 0 radical (unpaired) electrons. The molecular formula is C19H21F3N4O3. The monoisotopic (exact) mass is 410 g/mol. The highest BCUT2D eigenvalue weighted by molar-refractivity contribution is 5.76. The van der Waals surface area contributed by atoms with Crippen LogP contribution in [0.2, 0.25) is 0 Å². The van der Waals surface area contributed by atoms with E-state index < -0.39 is 22.4 Å². The number of hydrogen-bond acceptors (Lipinski definition) is 5. The molecule has 0 saturated carbocycles. The average Bonchev–Trinajstić information content (AvgIpc) is 2.65. The van der Waals surface area contributed by atoms with Crippen molar-refractivity contribution in [2.45, 2.75) is 19.1 Å². The molecule has 2 aromatic carbocycles. The molecule has 10 heteroatoms. The summed E-state index contributed by atoms with van der Waals surface area (Å²) >= 11 is 0. The summed E-state index contributed by atoms with van der Waals surface area (Å²) in [4.78, 5) is 24.0. The number of nitro groups is 1. The third kappa shape index (κ3) is 6.37. The summed E-state index contributed by atoms with van der Waals surface area (Å²) in [6, 6.07) is 9.84. The lowest BCUT2D eigenvalue weighted by atomic mass is 10.1. The minimum Gasteiger partial charge on any atom is -0.379 e. The van der Waals surface area contributed by atoms with Crippen LogP contribution >= 0.6 is 0 Å². The summed E-state index contributed by atoms with van der Waals surface area (Å²) in [7, 11) is 3.84. The van der Waals surface area contributed by atoms with Crippen LogP contribution < -0.4 is 15.5 Å². The van der Waals surface area contributed by atoms with E-state index in [1.807, 2.05) is 43.3 Å². The molecule has 0 aliphatic rings. The number of nitrogens with one attached hydrogen (secondary N) is 2. The van der Waals surface area contributed by atoms with Crippen LogP contribution in [0.25, 0.3) is 0 Å². The topological polar surface area (TPSA) is 87.5 Å². The van der Waals surface area contributed by atoms with Crippen LogP contribution in [0, 0.1) is 10.1 Å². The summed E-state index contributed by atoms with van der Waals surface area (Å²) in [5.41, 5.74) is 0.0711. The molecule has 29 heavy (non-hydrogen) atoms. The highest BCUT2D eigenvalue weighted by atomic mass is 19.4. The van der Waals surface area contributed by atoms with Gasteiger partial charge in [-0.15, -0.1) is 0 Å². The van der Waals surface area contributed by atoms with Gasteiger partial charge < -0.3 is 15.5 Å². The standard InChI is InChI=1S/C19H21F3N4O3/c1-25(2)15-6-3-13(4-7-15)12-24-18(27)9-10-23-16-8-5-14(19(20,21)22)11-17(16)26(28)29/h3-8,11,23H,9-10,12H2,1-2H3,(H,24,27). The van der Waals surface area contributed by atoms with Gasteiger partial charge in [-0.2, -0.15) is 13.2 Å². The van der Waals surface area contributed by atoms with Crippen molar-refractivity contribution in [1.82, 2.24) is 5.32 Å². The lowest BCUT2D eigenvalue weighted by Crippen LogP contribution is -2.25. The Morgan fingerprint density at radius 3 is 2.34 bits per heavy atom. The van der Waals surface area contributed by atoms with Crippen molar-refractivity contribution in [2.24, 2.45) is 0 Å². The Morgan fingerprint density at radius 1 is 1.14 bits per heavy atom. The summed E-state index contributed by atoms with van der Waals surface area (Å²) in [6.07, 6.45) is -4.66. The van der Waals surface area contributed by atoms with Crippen molar-refractivity contribution in [2.75, 3.05) is 30.9 Å². The molecule has 0 heterocycles. The van der Waals surface area contributed by atoms with E-state index in [9.17, 15) is 28.1 Å². The zero-order valence-corrected chi connectivity index (χ0v) is 15.9. The van der Waals surface area contributed by atoms with Crippen molar-refractivity contribution in [3.05, 3.63) is 63.7 Å². The van der Waals surface area contributed by atoms with Crippen molar-refractivity contribution in [1.29, 1.82) is 0 Å². The van der Waals surface area contributed by atoms with Crippen LogP contribution in [0.4, 0.5) is 30.2 Å². The normalized spacial score (nSPS) is 11.1. The SMILES string of the molecule is CN(C)c1ccc(CNC(=O)CCNc2ccc(C(F)(F)F)cc2[N+](=O)[O-])cc1. The van der Waals surface area contributed by atoms with Crippen molar-refractivity contribution >= 4 is 23.0 Å². The quantitative estimate of drug-likeness (QED) is 0.511. The highest BCUT2D eigenvalue weighted by Gasteiger charge is 2.33. The summed E-state index contributed by atoms with van der Waals surface area (Å²) in [6.45, 7) is 0.366. The second kappa shape index (κ2) is 9.26. The first kappa shape index (κ1) is 22.0. The van der Waals surface area contributed by atoms with Gasteiger partial charge in [0.05, 0.1) is 10.5 Å². The van der Waals surface area contributed by atoms with Gasteiger partial charge in [-0.05, 0) is 29.8 Å². The number of alkyl halides is 3. The van der Waals surface area contributed by atoms with E-state index in [1.165, 1.54) is 0 Å². The fourth-order valence-corrected chi connectivity index (χ4v) is 2.52. The summed E-state index contributed by atoms with van der Waals surface area (Å²) < 4.78 is 38.1. The molecule has 0 aromatic heterocycles.